The van der Waals surface area contributed by atoms with Crippen molar-refractivity contribution in [3.05, 3.63) is 29.8 Å². The molecular weight excluding hydrogens is 412 g/mol. The lowest BCUT2D eigenvalue weighted by Crippen LogP contribution is -2.64. The largest absolute Gasteiger partial charge is 0.497 e. The van der Waals surface area contributed by atoms with Gasteiger partial charge in [-0.2, -0.15) is 0 Å². The standard InChI is InChI=1S/C29H40O4/c1-18-15-20(28(2,3)19-10-12-21(32-4)13-11-19)17-22(16-18)33-27(31)29-14-6-9-25(30)26(29)23-7-5-8-24(23)29/h10-13,18,20,22-24,26H,5-9,14-17H2,1-4H3/t18-,20-,22-,23+,24-,26-,29+/m1/s1. The van der Waals surface area contributed by atoms with E-state index < -0.39 is 5.41 Å². The maximum absolute atomic E-state index is 13.8. The number of esters is 1. The number of benzene rings is 1. The van der Waals surface area contributed by atoms with Crippen molar-refractivity contribution < 1.29 is 19.1 Å². The highest BCUT2D eigenvalue weighted by molar-refractivity contribution is 5.93. The number of ether oxygens (including phenoxy) is 2. The number of ketones is 1. The molecule has 0 N–H and O–H groups in total. The number of rotatable bonds is 5. The van der Waals surface area contributed by atoms with E-state index in [1.54, 1.807) is 7.11 Å². The number of fused-ring (bicyclic) bond motifs is 4. The van der Waals surface area contributed by atoms with E-state index in [-0.39, 0.29) is 23.4 Å². The predicted molar refractivity (Wildman–Crippen MR) is 128 cm³/mol. The molecule has 4 aliphatic rings. The molecular formula is C29H40O4. The fourth-order valence-electron chi connectivity index (χ4n) is 8.22. The van der Waals surface area contributed by atoms with E-state index in [0.29, 0.717) is 35.9 Å². The highest BCUT2D eigenvalue weighted by atomic mass is 16.5. The van der Waals surface area contributed by atoms with Gasteiger partial charge in [0.2, 0.25) is 0 Å². The van der Waals surface area contributed by atoms with E-state index in [0.717, 1.165) is 57.1 Å². The van der Waals surface area contributed by atoms with E-state index in [1.165, 1.54) is 5.56 Å². The molecule has 4 fully saturated rings. The van der Waals surface area contributed by atoms with Crippen LogP contribution in [0, 0.1) is 35.0 Å². The van der Waals surface area contributed by atoms with E-state index in [4.69, 9.17) is 9.47 Å². The molecule has 1 aromatic carbocycles. The minimum atomic E-state index is -0.502. The van der Waals surface area contributed by atoms with Crippen molar-refractivity contribution in [1.82, 2.24) is 0 Å². The van der Waals surface area contributed by atoms with Crippen molar-refractivity contribution in [2.24, 2.45) is 35.0 Å². The minimum absolute atomic E-state index is 0.0136. The fourth-order valence-corrected chi connectivity index (χ4v) is 8.22. The number of hydrogen-bond acceptors (Lipinski definition) is 4. The average Bonchev–Trinajstić information content (AvgIpc) is 3.21. The molecule has 0 aliphatic heterocycles. The van der Waals surface area contributed by atoms with Crippen LogP contribution in [0.5, 0.6) is 5.75 Å². The van der Waals surface area contributed by atoms with E-state index in [2.05, 4.69) is 32.9 Å². The van der Waals surface area contributed by atoms with Crippen LogP contribution in [0.25, 0.3) is 0 Å². The lowest BCUT2D eigenvalue weighted by atomic mass is 9.43. The third kappa shape index (κ3) is 3.63. The maximum Gasteiger partial charge on any atom is 0.313 e. The Labute approximate surface area is 198 Å². The third-order valence-corrected chi connectivity index (χ3v) is 9.98. The Morgan fingerprint density at radius 3 is 2.55 bits per heavy atom. The van der Waals surface area contributed by atoms with Crippen molar-refractivity contribution in [2.45, 2.75) is 90.1 Å². The van der Waals surface area contributed by atoms with E-state index in [1.807, 2.05) is 12.1 Å². The summed E-state index contributed by atoms with van der Waals surface area (Å²) in [7, 11) is 1.70. The summed E-state index contributed by atoms with van der Waals surface area (Å²) in [5.74, 6) is 2.89. The molecule has 0 radical (unpaired) electrons. The van der Waals surface area contributed by atoms with Gasteiger partial charge < -0.3 is 9.47 Å². The highest BCUT2D eigenvalue weighted by Crippen LogP contribution is 2.68. The zero-order valence-electron chi connectivity index (χ0n) is 20.8. The summed E-state index contributed by atoms with van der Waals surface area (Å²) >= 11 is 0. The number of carbonyl (C=O) groups excluding carboxylic acids is 2. The quantitative estimate of drug-likeness (QED) is 0.506. The van der Waals surface area contributed by atoms with Crippen LogP contribution in [-0.4, -0.2) is 25.0 Å². The molecule has 0 aromatic heterocycles. The first-order chi connectivity index (χ1) is 15.8. The number of Topliss-reactive ketones (excluding diaryl/α,β-unsaturated/α-hetero) is 1. The van der Waals surface area contributed by atoms with Gasteiger partial charge in [-0.25, -0.2) is 0 Å². The Morgan fingerprint density at radius 2 is 1.82 bits per heavy atom. The molecule has 5 rings (SSSR count). The number of hydrogen-bond donors (Lipinski definition) is 0. The molecule has 0 saturated heterocycles. The second-order valence-corrected chi connectivity index (χ2v) is 12.0. The Bertz CT molecular complexity index is 903. The Balaban J connectivity index is 1.32. The van der Waals surface area contributed by atoms with Crippen LogP contribution >= 0.6 is 0 Å². The Kier molecular flexibility index (Phi) is 5.86. The normalized spacial score (nSPS) is 38.1. The molecule has 4 nitrogen and oxygen atoms in total. The van der Waals surface area contributed by atoms with Crippen LogP contribution in [0.4, 0.5) is 0 Å². The molecule has 180 valence electrons. The second-order valence-electron chi connectivity index (χ2n) is 12.0. The highest BCUT2D eigenvalue weighted by Gasteiger charge is 2.70. The topological polar surface area (TPSA) is 52.6 Å². The van der Waals surface area contributed by atoms with Crippen molar-refractivity contribution in [3.63, 3.8) is 0 Å². The molecule has 33 heavy (non-hydrogen) atoms. The molecule has 0 unspecified atom stereocenters. The first-order valence-electron chi connectivity index (χ1n) is 13.2. The van der Waals surface area contributed by atoms with Crippen molar-refractivity contribution in [2.75, 3.05) is 7.11 Å². The zero-order valence-corrected chi connectivity index (χ0v) is 20.8. The summed E-state index contributed by atoms with van der Waals surface area (Å²) in [5.41, 5.74) is 0.787. The monoisotopic (exact) mass is 452 g/mol. The second kappa shape index (κ2) is 8.43. The van der Waals surface area contributed by atoms with Crippen molar-refractivity contribution in [1.29, 1.82) is 0 Å². The van der Waals surface area contributed by atoms with Gasteiger partial charge in [0.05, 0.1) is 12.5 Å². The van der Waals surface area contributed by atoms with E-state index in [9.17, 15) is 9.59 Å². The van der Waals surface area contributed by atoms with Crippen LogP contribution in [0.1, 0.15) is 84.1 Å². The van der Waals surface area contributed by atoms with Gasteiger partial charge in [-0.15, -0.1) is 0 Å². The van der Waals surface area contributed by atoms with Gasteiger partial charge in [-0.1, -0.05) is 39.3 Å². The van der Waals surface area contributed by atoms with Gasteiger partial charge in [-0.3, -0.25) is 9.59 Å². The molecule has 4 aliphatic carbocycles. The third-order valence-electron chi connectivity index (χ3n) is 9.98. The average molecular weight is 453 g/mol. The molecule has 0 heterocycles. The predicted octanol–water partition coefficient (Wildman–Crippen LogP) is 6.11. The lowest BCUT2D eigenvalue weighted by Gasteiger charge is -2.59. The number of methoxy groups -OCH3 is 1. The smallest absolute Gasteiger partial charge is 0.313 e. The van der Waals surface area contributed by atoms with Crippen LogP contribution in [0.15, 0.2) is 24.3 Å². The summed E-state index contributed by atoms with van der Waals surface area (Å²) in [4.78, 5) is 26.6. The fraction of sp³-hybridized carbons (Fsp3) is 0.724. The van der Waals surface area contributed by atoms with Crippen LogP contribution in [-0.2, 0) is 19.7 Å². The summed E-state index contributed by atoms with van der Waals surface area (Å²) in [6.45, 7) is 6.93. The zero-order chi connectivity index (χ0) is 23.4. The Morgan fingerprint density at radius 1 is 1.06 bits per heavy atom. The van der Waals surface area contributed by atoms with Crippen molar-refractivity contribution in [3.8, 4) is 5.75 Å². The van der Waals surface area contributed by atoms with Gasteiger partial charge in [-0.05, 0) is 91.7 Å². The minimum Gasteiger partial charge on any atom is -0.497 e. The summed E-state index contributed by atoms with van der Waals surface area (Å²) in [6.07, 6.45) is 8.66. The summed E-state index contributed by atoms with van der Waals surface area (Å²) in [5, 5.41) is 0. The molecule has 0 bridgehead atoms. The summed E-state index contributed by atoms with van der Waals surface area (Å²) < 4.78 is 11.7. The first kappa shape index (κ1) is 22.9. The molecule has 1 aromatic rings. The summed E-state index contributed by atoms with van der Waals surface area (Å²) in [6, 6.07) is 8.42. The van der Waals surface area contributed by atoms with Gasteiger partial charge >= 0.3 is 5.97 Å². The van der Waals surface area contributed by atoms with Gasteiger partial charge in [0.25, 0.3) is 0 Å². The van der Waals surface area contributed by atoms with Crippen LogP contribution in [0.2, 0.25) is 0 Å². The van der Waals surface area contributed by atoms with Gasteiger partial charge in [0.15, 0.2) is 0 Å². The first-order valence-corrected chi connectivity index (χ1v) is 13.2. The van der Waals surface area contributed by atoms with Crippen LogP contribution in [0.3, 0.4) is 0 Å². The molecule has 4 heteroatoms. The molecule has 7 atom stereocenters. The van der Waals surface area contributed by atoms with Gasteiger partial charge in [0.1, 0.15) is 17.6 Å². The van der Waals surface area contributed by atoms with Crippen molar-refractivity contribution >= 4 is 11.8 Å². The lowest BCUT2D eigenvalue weighted by molar-refractivity contribution is -0.204. The number of carbonyl (C=O) groups is 2. The van der Waals surface area contributed by atoms with E-state index >= 15 is 0 Å². The molecule has 4 saturated carbocycles. The Hall–Kier alpha value is -1.84. The molecule has 0 spiro atoms. The SMILES string of the molecule is COc1ccc(C(C)(C)[C@@H]2C[C@@H](C)C[C@@H](OC(=O)[C@]34CCCC(=O)[C@H]3[C@H]3CCC[C@H]34)C2)cc1. The maximum atomic E-state index is 13.8. The van der Waals surface area contributed by atoms with Gasteiger partial charge in [0, 0.05) is 12.3 Å². The molecule has 0 amide bonds. The van der Waals surface area contributed by atoms with Crippen LogP contribution < -0.4 is 4.74 Å².